The van der Waals surface area contributed by atoms with Gasteiger partial charge in [-0.05, 0) is 37.1 Å². The molecule has 1 heterocycles. The predicted molar refractivity (Wildman–Crippen MR) is 71.6 cm³/mol. The Kier molecular flexibility index (Phi) is 3.13. The lowest BCUT2D eigenvalue weighted by atomic mass is 10.0. The number of nitrogens with two attached hydrogens (primary N) is 1. The van der Waals surface area contributed by atoms with Crippen LogP contribution >= 0.6 is 0 Å². The first-order valence-corrected chi connectivity index (χ1v) is 5.94. The van der Waals surface area contributed by atoms with Gasteiger partial charge in [0.25, 0.3) is 0 Å². The lowest BCUT2D eigenvalue weighted by Crippen LogP contribution is -2.14. The van der Waals surface area contributed by atoms with Crippen molar-refractivity contribution in [3.8, 4) is 0 Å². The number of carboxylic acids is 1. The minimum absolute atomic E-state index is 0.0453. The summed E-state index contributed by atoms with van der Waals surface area (Å²) < 4.78 is 2.14. The quantitative estimate of drug-likeness (QED) is 0.873. The normalized spacial score (nSPS) is 12.9. The molecule has 1 aromatic carbocycles. The molecule has 18 heavy (non-hydrogen) atoms. The Labute approximate surface area is 106 Å². The summed E-state index contributed by atoms with van der Waals surface area (Å²) in [5.74, 6) is -0.872. The number of aliphatic carboxylic acids is 1. The molecule has 2 rings (SSSR count). The summed E-state index contributed by atoms with van der Waals surface area (Å²) in [5, 5.41) is 9.92. The van der Waals surface area contributed by atoms with Crippen molar-refractivity contribution in [1.82, 2.24) is 4.57 Å². The van der Waals surface area contributed by atoms with Gasteiger partial charge in [-0.2, -0.15) is 0 Å². The molecule has 0 aliphatic heterocycles. The maximum atomic E-state index is 10.7. The lowest BCUT2D eigenvalue weighted by molar-refractivity contribution is -0.137. The molecule has 0 spiro atoms. The van der Waals surface area contributed by atoms with Crippen molar-refractivity contribution in [2.75, 3.05) is 0 Å². The van der Waals surface area contributed by atoms with E-state index >= 15 is 0 Å². The lowest BCUT2D eigenvalue weighted by Gasteiger charge is -2.09. The zero-order valence-corrected chi connectivity index (χ0v) is 10.9. The largest absolute Gasteiger partial charge is 0.481 e. The van der Waals surface area contributed by atoms with E-state index in [4.69, 9.17) is 10.8 Å². The second-order valence-corrected chi connectivity index (χ2v) is 4.75. The van der Waals surface area contributed by atoms with E-state index in [0.717, 1.165) is 16.5 Å². The average molecular weight is 246 g/mol. The van der Waals surface area contributed by atoms with Gasteiger partial charge in [-0.1, -0.05) is 6.07 Å². The van der Waals surface area contributed by atoms with Crippen molar-refractivity contribution in [3.05, 3.63) is 35.0 Å². The molecular weight excluding hydrogens is 228 g/mol. The Morgan fingerprint density at radius 2 is 2.11 bits per heavy atom. The maximum Gasteiger partial charge on any atom is 0.305 e. The third kappa shape index (κ3) is 1.99. The number of rotatable bonds is 3. The molecule has 4 heteroatoms. The summed E-state index contributed by atoms with van der Waals surface area (Å²) in [4.78, 5) is 10.7. The second kappa shape index (κ2) is 4.46. The first-order chi connectivity index (χ1) is 8.41. The number of aryl methyl sites for hydroxylation is 2. The monoisotopic (exact) mass is 246 g/mol. The third-order valence-corrected chi connectivity index (χ3v) is 3.65. The Morgan fingerprint density at radius 3 is 2.72 bits per heavy atom. The van der Waals surface area contributed by atoms with Crippen LogP contribution in [0, 0.1) is 13.8 Å². The van der Waals surface area contributed by atoms with Gasteiger partial charge in [-0.15, -0.1) is 0 Å². The smallest absolute Gasteiger partial charge is 0.305 e. The van der Waals surface area contributed by atoms with E-state index in [2.05, 4.69) is 18.4 Å². The van der Waals surface area contributed by atoms with E-state index in [9.17, 15) is 4.79 Å². The van der Waals surface area contributed by atoms with Crippen LogP contribution in [0.25, 0.3) is 10.9 Å². The van der Waals surface area contributed by atoms with Gasteiger partial charge < -0.3 is 15.4 Å². The highest BCUT2D eigenvalue weighted by Gasteiger charge is 2.14. The van der Waals surface area contributed by atoms with Crippen LogP contribution in [0.5, 0.6) is 0 Å². The minimum atomic E-state index is -0.872. The number of carbonyl (C=O) groups is 1. The fraction of sp³-hybridized carbons (Fsp3) is 0.357. The molecule has 4 nitrogen and oxygen atoms in total. The van der Waals surface area contributed by atoms with E-state index in [1.807, 2.05) is 25.2 Å². The predicted octanol–water partition coefficient (Wildman–Crippen LogP) is 2.27. The molecule has 1 unspecified atom stereocenters. The first kappa shape index (κ1) is 12.6. The van der Waals surface area contributed by atoms with Crippen molar-refractivity contribution in [2.45, 2.75) is 26.3 Å². The number of nitrogens with zero attached hydrogens (tertiary/aromatic N) is 1. The molecule has 1 atom stereocenters. The summed E-state index contributed by atoms with van der Waals surface area (Å²) in [6, 6.07) is 5.47. The van der Waals surface area contributed by atoms with Gasteiger partial charge in [0.05, 0.1) is 6.42 Å². The van der Waals surface area contributed by atoms with E-state index < -0.39 is 12.0 Å². The molecule has 96 valence electrons. The second-order valence-electron chi connectivity index (χ2n) is 4.75. The highest BCUT2D eigenvalue weighted by molar-refractivity contribution is 5.86. The molecule has 1 aromatic heterocycles. The molecule has 0 saturated carbocycles. The fourth-order valence-electron chi connectivity index (χ4n) is 2.31. The van der Waals surface area contributed by atoms with E-state index in [1.54, 1.807) is 0 Å². The van der Waals surface area contributed by atoms with Gasteiger partial charge in [0.15, 0.2) is 0 Å². The van der Waals surface area contributed by atoms with Crippen molar-refractivity contribution in [3.63, 3.8) is 0 Å². The third-order valence-electron chi connectivity index (χ3n) is 3.65. The SMILES string of the molecule is Cc1c(C)n(C)c2ccc(C(N)CC(=O)O)cc12. The van der Waals surface area contributed by atoms with Gasteiger partial charge in [0.1, 0.15) is 0 Å². The molecule has 0 fully saturated rings. The zero-order chi connectivity index (χ0) is 13.4. The summed E-state index contributed by atoms with van der Waals surface area (Å²) in [6.45, 7) is 4.15. The highest BCUT2D eigenvalue weighted by atomic mass is 16.4. The Bertz CT molecular complexity index is 614. The molecule has 0 aliphatic rings. The van der Waals surface area contributed by atoms with Gasteiger partial charge in [0, 0.05) is 29.7 Å². The van der Waals surface area contributed by atoms with E-state index in [-0.39, 0.29) is 6.42 Å². The maximum absolute atomic E-state index is 10.7. The molecule has 3 N–H and O–H groups in total. The molecule has 0 radical (unpaired) electrons. The standard InChI is InChI=1S/C14H18N2O2/c1-8-9(2)16(3)13-5-4-10(6-11(8)13)12(15)7-14(17)18/h4-6,12H,7,15H2,1-3H3,(H,17,18). The Morgan fingerprint density at radius 1 is 1.44 bits per heavy atom. The molecule has 0 bridgehead atoms. The summed E-state index contributed by atoms with van der Waals surface area (Å²) in [7, 11) is 2.03. The van der Waals surface area contributed by atoms with Crippen molar-refractivity contribution in [1.29, 1.82) is 0 Å². The molecular formula is C14H18N2O2. The summed E-state index contributed by atoms with van der Waals surface area (Å²) in [5.41, 5.74) is 10.4. The van der Waals surface area contributed by atoms with Gasteiger partial charge in [0.2, 0.25) is 0 Å². The number of carboxylic acid groups (broad SMARTS) is 1. The van der Waals surface area contributed by atoms with Crippen LogP contribution in [-0.4, -0.2) is 15.6 Å². The number of fused-ring (bicyclic) bond motifs is 1. The van der Waals surface area contributed by atoms with E-state index in [0.29, 0.717) is 0 Å². The Balaban J connectivity index is 2.50. The number of hydrogen-bond donors (Lipinski definition) is 2. The number of aromatic nitrogens is 1. The molecule has 2 aromatic rings. The highest BCUT2D eigenvalue weighted by Crippen LogP contribution is 2.27. The van der Waals surface area contributed by atoms with Gasteiger partial charge in [-0.3, -0.25) is 4.79 Å². The minimum Gasteiger partial charge on any atom is -0.481 e. The van der Waals surface area contributed by atoms with Crippen LogP contribution in [0.15, 0.2) is 18.2 Å². The van der Waals surface area contributed by atoms with Crippen molar-refractivity contribution >= 4 is 16.9 Å². The van der Waals surface area contributed by atoms with Crippen LogP contribution in [0.3, 0.4) is 0 Å². The Hall–Kier alpha value is -1.81. The van der Waals surface area contributed by atoms with Crippen molar-refractivity contribution in [2.24, 2.45) is 12.8 Å². The molecule has 0 saturated heterocycles. The molecule has 0 amide bonds. The van der Waals surface area contributed by atoms with Crippen LogP contribution < -0.4 is 5.73 Å². The average Bonchev–Trinajstić information content (AvgIpc) is 2.53. The summed E-state index contributed by atoms with van der Waals surface area (Å²) >= 11 is 0. The van der Waals surface area contributed by atoms with E-state index in [1.165, 1.54) is 11.3 Å². The number of hydrogen-bond acceptors (Lipinski definition) is 2. The summed E-state index contributed by atoms with van der Waals surface area (Å²) in [6.07, 6.45) is -0.0453. The number of benzene rings is 1. The zero-order valence-electron chi connectivity index (χ0n) is 10.9. The fourth-order valence-corrected chi connectivity index (χ4v) is 2.31. The van der Waals surface area contributed by atoms with Gasteiger partial charge >= 0.3 is 5.97 Å². The van der Waals surface area contributed by atoms with Crippen LogP contribution in [0.4, 0.5) is 0 Å². The van der Waals surface area contributed by atoms with Crippen LogP contribution in [0.2, 0.25) is 0 Å². The van der Waals surface area contributed by atoms with Gasteiger partial charge in [-0.25, -0.2) is 0 Å². The topological polar surface area (TPSA) is 68.2 Å². The van der Waals surface area contributed by atoms with Crippen LogP contribution in [-0.2, 0) is 11.8 Å². The first-order valence-electron chi connectivity index (χ1n) is 5.94. The van der Waals surface area contributed by atoms with Crippen LogP contribution in [0.1, 0.15) is 29.3 Å². The molecule has 0 aliphatic carbocycles. The van der Waals surface area contributed by atoms with Crippen molar-refractivity contribution < 1.29 is 9.90 Å².